The maximum absolute atomic E-state index is 2.50. The van der Waals surface area contributed by atoms with E-state index in [2.05, 4.69) is 241 Å². The Morgan fingerprint density at radius 1 is 0.333 bits per heavy atom. The molecule has 0 unspecified atom stereocenters. The van der Waals surface area contributed by atoms with Gasteiger partial charge in [-0.1, -0.05) is 212 Å². The standard InChI is InChI=1S/C56H41N/c1-5-21-41(22-6-1)39-43-25-13-14-30-47(43)51-33-17-20-36-55(51)57(54-35-19-16-31-48(54)42-23-7-2-8-24-42)46-37-38-50-49-32-15-18-34-52(49)56(53(50)40-46,44-26-9-3-10-27-44)45-28-11-4-12-29-45/h1-38,40H,39H2. The number of fused-ring (bicyclic) bond motifs is 3. The van der Waals surface area contributed by atoms with Crippen LogP contribution in [0.4, 0.5) is 17.1 Å². The van der Waals surface area contributed by atoms with E-state index in [4.69, 9.17) is 0 Å². The minimum absolute atomic E-state index is 0.517. The fraction of sp³-hybridized carbons (Fsp3) is 0.0357. The lowest BCUT2D eigenvalue weighted by Gasteiger charge is -2.35. The van der Waals surface area contributed by atoms with E-state index < -0.39 is 5.41 Å². The molecule has 0 fully saturated rings. The molecule has 0 atom stereocenters. The molecule has 0 heterocycles. The van der Waals surface area contributed by atoms with Gasteiger partial charge < -0.3 is 4.90 Å². The van der Waals surface area contributed by atoms with Crippen molar-refractivity contribution in [2.75, 3.05) is 4.90 Å². The number of benzene rings is 9. The second-order valence-corrected chi connectivity index (χ2v) is 14.8. The molecule has 0 saturated heterocycles. The summed E-state index contributed by atoms with van der Waals surface area (Å²) < 4.78 is 0. The van der Waals surface area contributed by atoms with Gasteiger partial charge in [-0.3, -0.25) is 0 Å². The fourth-order valence-electron chi connectivity index (χ4n) is 9.16. The molecular formula is C56H41N. The maximum Gasteiger partial charge on any atom is 0.0714 e. The normalized spacial score (nSPS) is 12.4. The average Bonchev–Trinajstić information content (AvgIpc) is 3.59. The average molecular weight is 728 g/mol. The van der Waals surface area contributed by atoms with Crippen LogP contribution in [-0.2, 0) is 11.8 Å². The monoisotopic (exact) mass is 727 g/mol. The van der Waals surface area contributed by atoms with Crippen LogP contribution in [0.15, 0.2) is 237 Å². The molecule has 57 heavy (non-hydrogen) atoms. The molecule has 10 rings (SSSR count). The first kappa shape index (κ1) is 34.3. The second kappa shape index (κ2) is 14.8. The zero-order valence-electron chi connectivity index (χ0n) is 31.7. The summed E-state index contributed by atoms with van der Waals surface area (Å²) in [5.74, 6) is 0. The smallest absolute Gasteiger partial charge is 0.0714 e. The van der Waals surface area contributed by atoms with Crippen LogP contribution in [0.25, 0.3) is 33.4 Å². The Bertz CT molecular complexity index is 2770. The van der Waals surface area contributed by atoms with Crippen molar-refractivity contribution in [2.45, 2.75) is 11.8 Å². The molecule has 1 nitrogen and oxygen atoms in total. The highest BCUT2D eigenvalue weighted by Gasteiger charge is 2.46. The van der Waals surface area contributed by atoms with E-state index in [1.807, 2.05) is 0 Å². The van der Waals surface area contributed by atoms with Crippen LogP contribution in [0.5, 0.6) is 0 Å². The van der Waals surface area contributed by atoms with E-state index in [0.29, 0.717) is 0 Å². The molecule has 0 amide bonds. The van der Waals surface area contributed by atoms with Crippen LogP contribution < -0.4 is 4.90 Å². The van der Waals surface area contributed by atoms with Crippen LogP contribution in [0.1, 0.15) is 33.4 Å². The van der Waals surface area contributed by atoms with Gasteiger partial charge in [0.15, 0.2) is 0 Å². The summed E-state index contributed by atoms with van der Waals surface area (Å²) in [6.07, 6.45) is 0.847. The molecule has 270 valence electrons. The molecule has 0 bridgehead atoms. The van der Waals surface area contributed by atoms with E-state index in [0.717, 1.165) is 23.5 Å². The molecular weight excluding hydrogens is 687 g/mol. The SMILES string of the molecule is c1ccc(Cc2ccccc2-c2ccccc2N(c2ccc3c(c2)C(c2ccccc2)(c2ccccc2)c2ccccc2-3)c2ccccc2-c2ccccc2)cc1. The van der Waals surface area contributed by atoms with Crippen LogP contribution in [-0.4, -0.2) is 0 Å². The summed E-state index contributed by atoms with van der Waals surface area (Å²) in [6, 6.07) is 86.6. The van der Waals surface area contributed by atoms with Crippen molar-refractivity contribution >= 4 is 17.1 Å². The molecule has 0 saturated carbocycles. The summed E-state index contributed by atoms with van der Waals surface area (Å²) in [5, 5.41) is 0. The second-order valence-electron chi connectivity index (χ2n) is 14.8. The van der Waals surface area contributed by atoms with Gasteiger partial charge >= 0.3 is 0 Å². The number of hydrogen-bond acceptors (Lipinski definition) is 1. The minimum atomic E-state index is -0.517. The van der Waals surface area contributed by atoms with Gasteiger partial charge in [0.1, 0.15) is 0 Å². The fourth-order valence-corrected chi connectivity index (χ4v) is 9.16. The van der Waals surface area contributed by atoms with E-state index in [1.165, 1.54) is 66.8 Å². The van der Waals surface area contributed by atoms with Crippen molar-refractivity contribution in [1.82, 2.24) is 0 Å². The van der Waals surface area contributed by atoms with E-state index in [9.17, 15) is 0 Å². The van der Waals surface area contributed by atoms with Crippen molar-refractivity contribution in [2.24, 2.45) is 0 Å². The van der Waals surface area contributed by atoms with Gasteiger partial charge in [0.2, 0.25) is 0 Å². The van der Waals surface area contributed by atoms with Gasteiger partial charge in [-0.15, -0.1) is 0 Å². The molecule has 0 aromatic heterocycles. The van der Waals surface area contributed by atoms with Crippen molar-refractivity contribution in [3.8, 4) is 33.4 Å². The highest BCUT2D eigenvalue weighted by molar-refractivity contribution is 5.96. The van der Waals surface area contributed by atoms with Crippen LogP contribution in [0, 0.1) is 0 Å². The summed E-state index contributed by atoms with van der Waals surface area (Å²) in [5.41, 5.74) is 17.8. The summed E-state index contributed by atoms with van der Waals surface area (Å²) in [6.45, 7) is 0. The van der Waals surface area contributed by atoms with E-state index >= 15 is 0 Å². The third kappa shape index (κ3) is 5.96. The first-order chi connectivity index (χ1) is 28.3. The lowest BCUT2D eigenvalue weighted by atomic mass is 9.67. The van der Waals surface area contributed by atoms with E-state index in [-0.39, 0.29) is 0 Å². The molecule has 0 N–H and O–H groups in total. The predicted octanol–water partition coefficient (Wildman–Crippen LogP) is 14.4. The Kier molecular flexibility index (Phi) is 8.89. The van der Waals surface area contributed by atoms with Crippen molar-refractivity contribution in [3.05, 3.63) is 270 Å². The van der Waals surface area contributed by atoms with Crippen molar-refractivity contribution in [3.63, 3.8) is 0 Å². The third-order valence-electron chi connectivity index (χ3n) is 11.6. The highest BCUT2D eigenvalue weighted by atomic mass is 15.1. The number of anilines is 3. The Morgan fingerprint density at radius 2 is 0.807 bits per heavy atom. The van der Waals surface area contributed by atoms with Gasteiger partial charge in [0, 0.05) is 16.8 Å². The van der Waals surface area contributed by atoms with Crippen LogP contribution >= 0.6 is 0 Å². The topological polar surface area (TPSA) is 3.24 Å². The van der Waals surface area contributed by atoms with E-state index in [1.54, 1.807) is 0 Å². The number of rotatable bonds is 9. The quantitative estimate of drug-likeness (QED) is 0.143. The predicted molar refractivity (Wildman–Crippen MR) is 239 cm³/mol. The van der Waals surface area contributed by atoms with Gasteiger partial charge in [0.25, 0.3) is 0 Å². The Hall–Kier alpha value is -7.22. The molecule has 0 spiro atoms. The third-order valence-corrected chi connectivity index (χ3v) is 11.6. The summed E-state index contributed by atoms with van der Waals surface area (Å²) in [4.78, 5) is 2.50. The Labute approximate surface area is 335 Å². The Balaban J connectivity index is 1.25. The lowest BCUT2D eigenvalue weighted by Crippen LogP contribution is -2.28. The van der Waals surface area contributed by atoms with Gasteiger partial charge in [-0.25, -0.2) is 0 Å². The molecule has 9 aromatic carbocycles. The zero-order chi connectivity index (χ0) is 38.0. The minimum Gasteiger partial charge on any atom is -0.309 e. The van der Waals surface area contributed by atoms with Crippen LogP contribution in [0.2, 0.25) is 0 Å². The van der Waals surface area contributed by atoms with Gasteiger partial charge in [-0.2, -0.15) is 0 Å². The van der Waals surface area contributed by atoms with Gasteiger partial charge in [0.05, 0.1) is 16.8 Å². The van der Waals surface area contributed by atoms with Crippen LogP contribution in [0.3, 0.4) is 0 Å². The highest BCUT2D eigenvalue weighted by Crippen LogP contribution is 2.57. The molecule has 1 heteroatoms. The van der Waals surface area contributed by atoms with Crippen molar-refractivity contribution < 1.29 is 0 Å². The molecule has 0 radical (unpaired) electrons. The van der Waals surface area contributed by atoms with Crippen molar-refractivity contribution in [1.29, 1.82) is 0 Å². The molecule has 1 aliphatic carbocycles. The number of hydrogen-bond donors (Lipinski definition) is 0. The van der Waals surface area contributed by atoms with Gasteiger partial charge in [-0.05, 0) is 86.3 Å². The summed E-state index contributed by atoms with van der Waals surface area (Å²) in [7, 11) is 0. The number of para-hydroxylation sites is 2. The number of nitrogens with zero attached hydrogens (tertiary/aromatic N) is 1. The molecule has 1 aliphatic rings. The maximum atomic E-state index is 2.50. The summed E-state index contributed by atoms with van der Waals surface area (Å²) >= 11 is 0. The molecule has 9 aromatic rings. The lowest BCUT2D eigenvalue weighted by molar-refractivity contribution is 0.768. The first-order valence-corrected chi connectivity index (χ1v) is 19.8. The zero-order valence-corrected chi connectivity index (χ0v) is 31.7. The first-order valence-electron chi connectivity index (χ1n) is 19.8. The molecule has 0 aliphatic heterocycles. The largest absolute Gasteiger partial charge is 0.309 e. The Morgan fingerprint density at radius 3 is 1.47 bits per heavy atom.